The van der Waals surface area contributed by atoms with Gasteiger partial charge in [0.25, 0.3) is 5.91 Å². The first-order valence-corrected chi connectivity index (χ1v) is 13.2. The highest BCUT2D eigenvalue weighted by Gasteiger charge is 2.21. The molecule has 1 aromatic carbocycles. The average Bonchev–Trinajstić information content (AvgIpc) is 3.50. The second-order valence-corrected chi connectivity index (χ2v) is 11.1. The number of benzene rings is 1. The molecule has 0 unspecified atom stereocenters. The van der Waals surface area contributed by atoms with E-state index in [0.29, 0.717) is 22.2 Å². The maximum Gasteiger partial charge on any atom is 0.347 e. The number of aromatic nitrogens is 3. The minimum atomic E-state index is -0.927. The van der Waals surface area contributed by atoms with E-state index in [9.17, 15) is 9.59 Å². The van der Waals surface area contributed by atoms with E-state index in [1.165, 1.54) is 6.20 Å². The van der Waals surface area contributed by atoms with Gasteiger partial charge in [-0.2, -0.15) is 5.10 Å². The fourth-order valence-electron chi connectivity index (χ4n) is 3.56. The number of nitrogens with one attached hydrogen (secondary N) is 2. The van der Waals surface area contributed by atoms with Gasteiger partial charge in [-0.1, -0.05) is 38.2 Å². The van der Waals surface area contributed by atoms with Crippen LogP contribution in [0.4, 0.5) is 16.5 Å². The third kappa shape index (κ3) is 8.27. The lowest BCUT2D eigenvalue weighted by Crippen LogP contribution is -2.38. The molecule has 1 fully saturated rings. The molecule has 3 aromatic rings. The summed E-state index contributed by atoms with van der Waals surface area (Å²) in [7, 11) is 1.77. The van der Waals surface area contributed by atoms with E-state index in [0.717, 1.165) is 62.0 Å². The van der Waals surface area contributed by atoms with Crippen molar-refractivity contribution in [2.45, 2.75) is 33.1 Å². The van der Waals surface area contributed by atoms with Crippen LogP contribution in [0.3, 0.4) is 0 Å². The predicted molar refractivity (Wildman–Crippen MR) is 150 cm³/mol. The summed E-state index contributed by atoms with van der Waals surface area (Å²) in [5.41, 5.74) is 9.51. The largest absolute Gasteiger partial charge is 0.477 e. The van der Waals surface area contributed by atoms with Crippen LogP contribution in [-0.2, 0) is 17.2 Å². The third-order valence-electron chi connectivity index (χ3n) is 5.94. The molecule has 1 aliphatic heterocycles. The van der Waals surface area contributed by atoms with Crippen LogP contribution in [0.1, 0.15) is 52.2 Å². The number of morpholine rings is 1. The van der Waals surface area contributed by atoms with Crippen molar-refractivity contribution in [3.05, 3.63) is 52.3 Å². The van der Waals surface area contributed by atoms with E-state index in [4.69, 9.17) is 15.6 Å². The maximum atomic E-state index is 12.4. The number of hydrogen-bond donors (Lipinski definition) is 4. The number of aryl methyl sites for hydroxylation is 2. The molecule has 12 heteroatoms. The van der Waals surface area contributed by atoms with E-state index in [1.807, 2.05) is 25.1 Å². The first kappa shape index (κ1) is 29.1. The molecule has 0 spiro atoms. The maximum absolute atomic E-state index is 12.4. The molecule has 206 valence electrons. The van der Waals surface area contributed by atoms with Gasteiger partial charge in [0, 0.05) is 50.0 Å². The van der Waals surface area contributed by atoms with Crippen molar-refractivity contribution >= 4 is 39.7 Å². The quantitative estimate of drug-likeness (QED) is 0.329. The molecule has 0 radical (unpaired) electrons. The summed E-state index contributed by atoms with van der Waals surface area (Å²) in [5.74, 6) is -1.12. The van der Waals surface area contributed by atoms with Crippen molar-refractivity contribution in [2.75, 3.05) is 55.8 Å². The zero-order valence-corrected chi connectivity index (χ0v) is 23.4. The Morgan fingerprint density at radius 1 is 1.21 bits per heavy atom. The summed E-state index contributed by atoms with van der Waals surface area (Å²) in [6, 6.07) is 7.31. The summed E-state index contributed by atoms with van der Waals surface area (Å²) in [6.07, 6.45) is 1.38. The molecule has 0 aliphatic carbocycles. The average molecular weight is 544 g/mol. The summed E-state index contributed by atoms with van der Waals surface area (Å²) in [5, 5.41) is 19.8. The fraction of sp³-hybridized carbons (Fsp3) is 0.462. The zero-order valence-electron chi connectivity index (χ0n) is 22.6. The summed E-state index contributed by atoms with van der Waals surface area (Å²) >= 11 is 1.16. The molecule has 3 heterocycles. The molecule has 2 aromatic heterocycles. The fourth-order valence-corrected chi connectivity index (χ4v) is 4.24. The van der Waals surface area contributed by atoms with Crippen molar-refractivity contribution in [3.8, 4) is 0 Å². The Bertz CT molecular complexity index is 1240. The van der Waals surface area contributed by atoms with Crippen molar-refractivity contribution < 1.29 is 19.4 Å². The number of anilines is 3. The molecule has 0 saturated carbocycles. The number of hydrogen-bond acceptors (Lipinski definition) is 9. The highest BCUT2D eigenvalue weighted by Crippen LogP contribution is 2.23. The number of ether oxygens (including phenoxy) is 1. The second-order valence-electron chi connectivity index (χ2n) is 10.0. The second kappa shape index (κ2) is 12.9. The Hall–Kier alpha value is -3.48. The molecule has 0 atom stereocenters. The minimum absolute atomic E-state index is 0.0927. The summed E-state index contributed by atoms with van der Waals surface area (Å²) in [6.45, 7) is 13.3. The highest BCUT2D eigenvalue weighted by atomic mass is 32.1. The number of carboxylic acids is 1. The number of carbonyl (C=O) groups excluding carboxylic acids is 1. The molecule has 1 aliphatic rings. The number of nitrogen functional groups attached to an aromatic ring is 1. The summed E-state index contributed by atoms with van der Waals surface area (Å²) < 4.78 is 6.86. The van der Waals surface area contributed by atoms with Crippen LogP contribution >= 0.6 is 11.3 Å². The van der Waals surface area contributed by atoms with Crippen LogP contribution < -0.4 is 16.4 Å². The molecule has 38 heavy (non-hydrogen) atoms. The van der Waals surface area contributed by atoms with E-state index in [2.05, 4.69) is 46.4 Å². The predicted octanol–water partition coefficient (Wildman–Crippen LogP) is 3.45. The van der Waals surface area contributed by atoms with Crippen LogP contribution in [0, 0.1) is 6.92 Å². The minimum Gasteiger partial charge on any atom is -0.477 e. The van der Waals surface area contributed by atoms with E-state index < -0.39 is 5.97 Å². The van der Waals surface area contributed by atoms with Crippen LogP contribution in [-0.4, -0.2) is 76.0 Å². The number of nitrogens with two attached hydrogens (primary N) is 1. The molecule has 11 nitrogen and oxygen atoms in total. The van der Waals surface area contributed by atoms with E-state index in [1.54, 1.807) is 17.8 Å². The molecule has 1 saturated heterocycles. The Morgan fingerprint density at radius 3 is 2.50 bits per heavy atom. The molecule has 5 N–H and O–H groups in total. The number of thiazole rings is 1. The van der Waals surface area contributed by atoms with Gasteiger partial charge in [0.15, 0.2) is 5.13 Å². The normalized spacial score (nSPS) is 13.9. The van der Waals surface area contributed by atoms with Gasteiger partial charge in [0.2, 0.25) is 0 Å². The van der Waals surface area contributed by atoms with Gasteiger partial charge in [-0.25, -0.2) is 9.78 Å². The monoisotopic (exact) mass is 543 g/mol. The van der Waals surface area contributed by atoms with Gasteiger partial charge >= 0.3 is 5.97 Å². The van der Waals surface area contributed by atoms with Crippen molar-refractivity contribution in [1.82, 2.24) is 19.7 Å². The molecule has 4 rings (SSSR count). The molecular weight excluding hydrogens is 506 g/mol. The number of amides is 1. The van der Waals surface area contributed by atoms with Crippen LogP contribution in [0.25, 0.3) is 0 Å². The first-order valence-electron chi connectivity index (χ1n) is 12.4. The van der Waals surface area contributed by atoms with Crippen molar-refractivity contribution in [3.63, 3.8) is 0 Å². The van der Waals surface area contributed by atoms with Gasteiger partial charge in [-0.15, -0.1) is 0 Å². The van der Waals surface area contributed by atoms with Gasteiger partial charge in [0.05, 0.1) is 25.1 Å². The van der Waals surface area contributed by atoms with Gasteiger partial charge in [-0.05, 0) is 30.7 Å². The standard InChI is InChI=1S/C16H22N4O.C10H15N3O3S/c1-10-6-7-11(8-12(10)17)18-15(21)13-9-14(16(2,3)4)19-20(13)5;14-9(15)8-7-12-10(17-8)11-1-2-13-3-5-16-6-4-13/h6-9H,17H2,1-5H3,(H,18,21);7H,1-6H2,(H,11,12)(H,14,15). The Morgan fingerprint density at radius 2 is 1.92 bits per heavy atom. The molecule has 0 bridgehead atoms. The van der Waals surface area contributed by atoms with Crippen LogP contribution in [0.5, 0.6) is 0 Å². The lowest BCUT2D eigenvalue weighted by Gasteiger charge is -2.26. The van der Waals surface area contributed by atoms with Crippen LogP contribution in [0.2, 0.25) is 0 Å². The van der Waals surface area contributed by atoms with Gasteiger partial charge < -0.3 is 26.2 Å². The third-order valence-corrected chi connectivity index (χ3v) is 6.89. The Labute approximate surface area is 227 Å². The number of aromatic carboxylic acids is 1. The van der Waals surface area contributed by atoms with E-state index >= 15 is 0 Å². The van der Waals surface area contributed by atoms with Crippen LogP contribution in [0.15, 0.2) is 30.5 Å². The smallest absolute Gasteiger partial charge is 0.347 e. The molecular formula is C26H37N7O4S. The number of carboxylic acid groups (broad SMARTS) is 1. The Kier molecular flexibility index (Phi) is 9.84. The number of carbonyl (C=O) groups is 2. The van der Waals surface area contributed by atoms with Gasteiger partial charge in [0.1, 0.15) is 10.6 Å². The lowest BCUT2D eigenvalue weighted by molar-refractivity contribution is 0.0398. The first-order chi connectivity index (χ1) is 17.9. The summed E-state index contributed by atoms with van der Waals surface area (Å²) in [4.78, 5) is 29.6. The number of rotatable bonds is 7. The van der Waals surface area contributed by atoms with E-state index in [-0.39, 0.29) is 16.2 Å². The SMILES string of the molecule is Cc1ccc(NC(=O)c2cc(C(C)(C)C)nn2C)cc1N.O=C(O)c1cnc(NCCN2CCOCC2)s1. The highest BCUT2D eigenvalue weighted by molar-refractivity contribution is 7.17. The van der Waals surface area contributed by atoms with Crippen molar-refractivity contribution in [2.24, 2.45) is 7.05 Å². The zero-order chi connectivity index (χ0) is 27.9. The topological polar surface area (TPSA) is 148 Å². The van der Waals surface area contributed by atoms with Crippen molar-refractivity contribution in [1.29, 1.82) is 0 Å². The molecule has 1 amide bonds. The number of nitrogens with zero attached hydrogens (tertiary/aromatic N) is 4. The Balaban J connectivity index is 0.000000215. The van der Waals surface area contributed by atoms with Gasteiger partial charge in [-0.3, -0.25) is 14.4 Å². The lowest BCUT2D eigenvalue weighted by atomic mass is 9.92.